The van der Waals surface area contributed by atoms with Crippen LogP contribution < -0.4 is 19.9 Å². The van der Waals surface area contributed by atoms with Gasteiger partial charge in [0.1, 0.15) is 5.82 Å². The lowest BCUT2D eigenvalue weighted by Gasteiger charge is -2.20. The Balaban J connectivity index is 1.55. The minimum absolute atomic E-state index is 0.0134. The zero-order valence-electron chi connectivity index (χ0n) is 21.7. The number of methoxy groups -OCH3 is 2. The predicted octanol–water partition coefficient (Wildman–Crippen LogP) is 4.32. The fourth-order valence-electron chi connectivity index (χ4n) is 4.24. The van der Waals surface area contributed by atoms with Gasteiger partial charge in [-0.25, -0.2) is 4.98 Å². The molecule has 36 heavy (non-hydrogen) atoms. The molecule has 1 heterocycles. The molecule has 0 bridgehead atoms. The molecule has 0 N–H and O–H groups in total. The molecule has 188 valence electrons. The van der Waals surface area contributed by atoms with E-state index in [9.17, 15) is 4.79 Å². The smallest absolute Gasteiger partial charge is 0.261 e. The lowest BCUT2D eigenvalue weighted by atomic mass is 10.1. The largest absolute Gasteiger partial charge is 0.493 e. The molecule has 0 amide bonds. The van der Waals surface area contributed by atoms with Gasteiger partial charge in [-0.1, -0.05) is 18.2 Å². The molecule has 0 fully saturated rings. The molecule has 4 rings (SSSR count). The summed E-state index contributed by atoms with van der Waals surface area (Å²) in [7, 11) is 9.38. The Morgan fingerprint density at radius 3 is 2.28 bits per heavy atom. The van der Waals surface area contributed by atoms with Gasteiger partial charge >= 0.3 is 0 Å². The van der Waals surface area contributed by atoms with Crippen molar-refractivity contribution in [3.63, 3.8) is 0 Å². The molecule has 0 aliphatic rings. The minimum Gasteiger partial charge on any atom is -0.493 e. The summed E-state index contributed by atoms with van der Waals surface area (Å²) in [6.45, 7) is 2.11. The number of para-hydroxylation sites is 1. The van der Waals surface area contributed by atoms with E-state index in [1.807, 2.05) is 62.6 Å². The zero-order chi connectivity index (χ0) is 25.7. The molecule has 4 aromatic rings. The van der Waals surface area contributed by atoms with Crippen molar-refractivity contribution >= 4 is 16.6 Å². The van der Waals surface area contributed by atoms with Crippen LogP contribution in [0.2, 0.25) is 0 Å². The minimum atomic E-state index is -0.0134. The molecule has 1 aromatic heterocycles. The average molecular weight is 487 g/mol. The monoisotopic (exact) mass is 486 g/mol. The summed E-state index contributed by atoms with van der Waals surface area (Å²) in [4.78, 5) is 22.7. The number of benzene rings is 3. The lowest BCUT2D eigenvalue weighted by Crippen LogP contribution is -2.31. The molecule has 0 spiro atoms. The molecule has 7 nitrogen and oxygen atoms in total. The van der Waals surface area contributed by atoms with E-state index in [0.717, 1.165) is 42.3 Å². The van der Waals surface area contributed by atoms with Gasteiger partial charge in [0.25, 0.3) is 5.56 Å². The van der Waals surface area contributed by atoms with Gasteiger partial charge < -0.3 is 19.3 Å². The molecular formula is C29H34N4O3. The van der Waals surface area contributed by atoms with Crippen molar-refractivity contribution < 1.29 is 9.47 Å². The van der Waals surface area contributed by atoms with E-state index >= 15 is 0 Å². The van der Waals surface area contributed by atoms with Crippen LogP contribution in [0.5, 0.6) is 11.5 Å². The van der Waals surface area contributed by atoms with Crippen molar-refractivity contribution in [2.45, 2.75) is 13.0 Å². The van der Waals surface area contributed by atoms with E-state index in [1.54, 1.807) is 18.8 Å². The van der Waals surface area contributed by atoms with Crippen LogP contribution in [0.1, 0.15) is 5.56 Å². The van der Waals surface area contributed by atoms with Crippen molar-refractivity contribution in [2.24, 2.45) is 0 Å². The van der Waals surface area contributed by atoms with Crippen LogP contribution in [-0.2, 0) is 13.0 Å². The molecule has 0 aliphatic carbocycles. The number of hydrogen-bond donors (Lipinski definition) is 0. The van der Waals surface area contributed by atoms with Crippen LogP contribution >= 0.6 is 0 Å². The first-order valence-electron chi connectivity index (χ1n) is 12.1. The predicted molar refractivity (Wildman–Crippen MR) is 147 cm³/mol. The third kappa shape index (κ3) is 5.52. The molecule has 7 heteroatoms. The number of anilines is 1. The third-order valence-electron chi connectivity index (χ3n) is 6.44. The molecule has 0 aliphatic heterocycles. The summed E-state index contributed by atoms with van der Waals surface area (Å²) in [5.41, 5.74) is 3.90. The van der Waals surface area contributed by atoms with Crippen LogP contribution in [0.4, 0.5) is 5.69 Å². The summed E-state index contributed by atoms with van der Waals surface area (Å²) in [6, 6.07) is 21.7. The lowest BCUT2D eigenvalue weighted by molar-refractivity contribution is 0.320. The van der Waals surface area contributed by atoms with E-state index in [4.69, 9.17) is 14.5 Å². The topological polar surface area (TPSA) is 59.8 Å². The number of aromatic nitrogens is 2. The maximum atomic E-state index is 13.5. The second-order valence-electron chi connectivity index (χ2n) is 9.09. The van der Waals surface area contributed by atoms with Gasteiger partial charge in [0.2, 0.25) is 0 Å². The highest BCUT2D eigenvalue weighted by Crippen LogP contribution is 2.28. The summed E-state index contributed by atoms with van der Waals surface area (Å²) in [6.07, 6.45) is 0.862. The van der Waals surface area contributed by atoms with E-state index in [2.05, 4.69) is 35.0 Å². The van der Waals surface area contributed by atoms with E-state index < -0.39 is 0 Å². The van der Waals surface area contributed by atoms with Crippen molar-refractivity contribution in [3.8, 4) is 22.9 Å². The Morgan fingerprint density at radius 1 is 0.861 bits per heavy atom. The van der Waals surface area contributed by atoms with Gasteiger partial charge in [-0.15, -0.1) is 0 Å². The van der Waals surface area contributed by atoms with Gasteiger partial charge in [0.05, 0.1) is 25.1 Å². The second kappa shape index (κ2) is 11.3. The normalized spacial score (nSPS) is 11.2. The van der Waals surface area contributed by atoms with Crippen molar-refractivity contribution in [1.82, 2.24) is 14.5 Å². The van der Waals surface area contributed by atoms with E-state index in [0.29, 0.717) is 23.3 Å². The number of rotatable bonds is 10. The van der Waals surface area contributed by atoms with E-state index in [1.165, 1.54) is 5.56 Å². The Kier molecular flexibility index (Phi) is 7.90. The fourth-order valence-corrected chi connectivity index (χ4v) is 4.24. The fraction of sp³-hybridized carbons (Fsp3) is 0.310. The number of nitrogens with zero attached hydrogens (tertiary/aromatic N) is 4. The highest BCUT2D eigenvalue weighted by Gasteiger charge is 2.14. The molecule has 0 saturated heterocycles. The number of hydrogen-bond acceptors (Lipinski definition) is 6. The number of likely N-dealkylation sites (N-methyl/N-ethyl adjacent to an activating group) is 1. The summed E-state index contributed by atoms with van der Waals surface area (Å²) in [5.74, 6) is 2.15. The van der Waals surface area contributed by atoms with Gasteiger partial charge in [-0.2, -0.15) is 0 Å². The molecule has 0 atom stereocenters. The average Bonchev–Trinajstić information content (AvgIpc) is 2.91. The first-order valence-corrected chi connectivity index (χ1v) is 12.1. The van der Waals surface area contributed by atoms with Crippen molar-refractivity contribution in [2.75, 3.05) is 53.4 Å². The first kappa shape index (κ1) is 25.3. The van der Waals surface area contributed by atoms with Crippen molar-refractivity contribution in [3.05, 3.63) is 82.6 Å². The van der Waals surface area contributed by atoms with Gasteiger partial charge in [-0.05, 0) is 67.6 Å². The second-order valence-corrected chi connectivity index (χ2v) is 9.09. The highest BCUT2D eigenvalue weighted by molar-refractivity contribution is 5.79. The molecule has 0 saturated carbocycles. The van der Waals surface area contributed by atoms with Gasteiger partial charge in [0, 0.05) is 45.0 Å². The van der Waals surface area contributed by atoms with Crippen LogP contribution in [-0.4, -0.2) is 62.9 Å². The number of ether oxygens (including phenoxy) is 2. The maximum absolute atomic E-state index is 13.5. The zero-order valence-corrected chi connectivity index (χ0v) is 21.7. The Labute approximate surface area is 212 Å². The summed E-state index contributed by atoms with van der Waals surface area (Å²) in [5, 5.41) is 0.638. The molecule has 3 aromatic carbocycles. The molecular weight excluding hydrogens is 452 g/mol. The Bertz CT molecular complexity index is 1380. The van der Waals surface area contributed by atoms with Crippen LogP contribution in [0, 0.1) is 0 Å². The van der Waals surface area contributed by atoms with Crippen LogP contribution in [0.3, 0.4) is 0 Å². The number of fused-ring (bicyclic) bond motifs is 1. The Morgan fingerprint density at radius 2 is 1.58 bits per heavy atom. The maximum Gasteiger partial charge on any atom is 0.261 e. The summed E-state index contributed by atoms with van der Waals surface area (Å²) >= 11 is 0. The highest BCUT2D eigenvalue weighted by atomic mass is 16.5. The van der Waals surface area contributed by atoms with E-state index in [-0.39, 0.29) is 5.56 Å². The van der Waals surface area contributed by atoms with Crippen LogP contribution in [0.15, 0.2) is 71.5 Å². The molecule has 0 radical (unpaired) electrons. The SMILES string of the molecule is COc1ccc(CCN(C)CCn2c(-c3ccc(N(C)C)cc3)nc3ccccc3c2=O)cc1OC. The van der Waals surface area contributed by atoms with Gasteiger partial charge in [0.15, 0.2) is 11.5 Å². The van der Waals surface area contributed by atoms with Crippen LogP contribution in [0.25, 0.3) is 22.3 Å². The molecule has 0 unspecified atom stereocenters. The quantitative estimate of drug-likeness (QED) is 0.333. The van der Waals surface area contributed by atoms with Crippen molar-refractivity contribution in [1.29, 1.82) is 0 Å². The third-order valence-corrected chi connectivity index (χ3v) is 6.44. The van der Waals surface area contributed by atoms with Gasteiger partial charge in [-0.3, -0.25) is 9.36 Å². The Hall–Kier alpha value is -3.84. The standard InChI is InChI=1S/C29H34N4O3/c1-31(2)23-13-11-22(12-14-23)28-30-25-9-7-6-8-24(25)29(34)33(28)19-18-32(3)17-16-21-10-15-26(35-4)27(20-21)36-5/h6-15,20H,16-19H2,1-5H3. The first-order chi connectivity index (χ1) is 17.4. The summed E-state index contributed by atoms with van der Waals surface area (Å²) < 4.78 is 12.6.